The first kappa shape index (κ1) is 12.1. The average Bonchev–Trinajstić information content (AvgIpc) is 1.84. The third kappa shape index (κ3) is 8.21. The molecule has 0 fully saturated rings. The molecule has 0 aromatic carbocycles. The molecule has 0 aromatic heterocycles. The van der Waals surface area contributed by atoms with Crippen LogP contribution in [-0.2, 0) is 10.8 Å². The second-order valence-corrected chi connectivity index (χ2v) is 5.43. The van der Waals surface area contributed by atoms with Gasteiger partial charge < -0.3 is 5.32 Å². The molecule has 1 N–H and O–H groups in total. The lowest BCUT2D eigenvalue weighted by molar-refractivity contribution is 0.608. The van der Waals surface area contributed by atoms with Crippen LogP contribution < -0.4 is 5.32 Å². The summed E-state index contributed by atoms with van der Waals surface area (Å²) in [5, 5.41) is 3.26. The highest BCUT2D eigenvalue weighted by atomic mass is 32.2. The minimum atomic E-state index is -0.629. The molecule has 0 rings (SSSR count). The molecule has 0 heterocycles. The van der Waals surface area contributed by atoms with Crippen molar-refractivity contribution in [3.8, 4) is 0 Å². The van der Waals surface area contributed by atoms with Crippen molar-refractivity contribution in [2.45, 2.75) is 33.7 Å². The van der Waals surface area contributed by atoms with E-state index < -0.39 is 10.8 Å². The average molecular weight is 191 g/mol. The summed E-state index contributed by atoms with van der Waals surface area (Å²) >= 11 is 0. The highest BCUT2D eigenvalue weighted by Crippen LogP contribution is 1.95. The molecule has 1 unspecified atom stereocenters. The Morgan fingerprint density at radius 2 is 1.83 bits per heavy atom. The lowest BCUT2D eigenvalue weighted by Gasteiger charge is -2.08. The zero-order chi connectivity index (χ0) is 9.56. The number of nitrogens with one attached hydrogen (secondary N) is 1. The maximum absolute atomic E-state index is 11.3. The van der Waals surface area contributed by atoms with Crippen molar-refractivity contribution >= 4 is 10.8 Å². The molecule has 0 aliphatic heterocycles. The Morgan fingerprint density at radius 3 is 2.25 bits per heavy atom. The maximum atomic E-state index is 11.3. The van der Waals surface area contributed by atoms with Gasteiger partial charge in [0, 0.05) is 34.9 Å². The maximum Gasteiger partial charge on any atom is 0.0360 e. The van der Waals surface area contributed by atoms with Gasteiger partial charge in [-0.1, -0.05) is 27.7 Å². The number of hydrogen-bond acceptors (Lipinski definition) is 2. The first-order chi connectivity index (χ1) is 5.52. The van der Waals surface area contributed by atoms with Crippen molar-refractivity contribution < 1.29 is 4.21 Å². The molecule has 0 saturated carbocycles. The lowest BCUT2D eigenvalue weighted by Crippen LogP contribution is -2.28. The van der Waals surface area contributed by atoms with Crippen LogP contribution in [0, 0.1) is 5.92 Å². The van der Waals surface area contributed by atoms with Crippen LogP contribution in [0.2, 0.25) is 0 Å². The highest BCUT2D eigenvalue weighted by Gasteiger charge is 2.02. The van der Waals surface area contributed by atoms with Gasteiger partial charge in [0.1, 0.15) is 0 Å². The van der Waals surface area contributed by atoms with Crippen LogP contribution in [0.25, 0.3) is 0 Å². The fourth-order valence-corrected chi connectivity index (χ4v) is 2.17. The van der Waals surface area contributed by atoms with Crippen LogP contribution >= 0.6 is 0 Å². The molecule has 0 saturated heterocycles. The van der Waals surface area contributed by atoms with Crippen molar-refractivity contribution in [1.82, 2.24) is 5.32 Å². The van der Waals surface area contributed by atoms with E-state index in [2.05, 4.69) is 33.0 Å². The van der Waals surface area contributed by atoms with E-state index in [0.29, 0.717) is 12.0 Å². The van der Waals surface area contributed by atoms with Crippen molar-refractivity contribution in [3.63, 3.8) is 0 Å². The normalized spacial score (nSPS) is 14.2. The summed E-state index contributed by atoms with van der Waals surface area (Å²) in [6, 6.07) is 0.501. The van der Waals surface area contributed by atoms with Crippen molar-refractivity contribution in [2.24, 2.45) is 5.92 Å². The molecule has 3 heteroatoms. The van der Waals surface area contributed by atoms with Crippen LogP contribution in [0.5, 0.6) is 0 Å². The van der Waals surface area contributed by atoms with E-state index in [1.807, 2.05) is 0 Å². The van der Waals surface area contributed by atoms with Gasteiger partial charge in [-0.15, -0.1) is 0 Å². The first-order valence-corrected chi connectivity index (χ1v) is 6.09. The van der Waals surface area contributed by atoms with E-state index >= 15 is 0 Å². The third-order valence-corrected chi connectivity index (χ3v) is 3.10. The Labute approximate surface area is 78.6 Å². The fourth-order valence-electron chi connectivity index (χ4n) is 0.917. The molecule has 0 aromatic rings. The predicted molar refractivity (Wildman–Crippen MR) is 55.9 cm³/mol. The summed E-state index contributed by atoms with van der Waals surface area (Å²) in [5.41, 5.74) is 0. The Kier molecular flexibility index (Phi) is 6.67. The van der Waals surface area contributed by atoms with Gasteiger partial charge in [0.05, 0.1) is 0 Å². The first-order valence-electron chi connectivity index (χ1n) is 4.60. The van der Waals surface area contributed by atoms with Gasteiger partial charge in [-0.05, 0) is 5.92 Å². The molecule has 0 amide bonds. The number of rotatable bonds is 6. The smallest absolute Gasteiger partial charge is 0.0360 e. The minimum absolute atomic E-state index is 0.501. The molecule has 0 spiro atoms. The Balaban J connectivity index is 3.32. The van der Waals surface area contributed by atoms with Crippen molar-refractivity contribution in [3.05, 3.63) is 0 Å². The molecule has 0 aliphatic rings. The SMILES string of the molecule is CC(C)CS(=O)CCNC(C)C. The van der Waals surface area contributed by atoms with Crippen LogP contribution in [-0.4, -0.2) is 28.3 Å². The number of hydrogen-bond donors (Lipinski definition) is 1. The van der Waals surface area contributed by atoms with Gasteiger partial charge in [0.2, 0.25) is 0 Å². The third-order valence-electron chi connectivity index (χ3n) is 1.40. The Hall–Kier alpha value is 0.110. The molecule has 1 atom stereocenters. The zero-order valence-corrected chi connectivity index (χ0v) is 9.41. The van der Waals surface area contributed by atoms with Crippen molar-refractivity contribution in [2.75, 3.05) is 18.1 Å². The quantitative estimate of drug-likeness (QED) is 0.687. The summed E-state index contributed by atoms with van der Waals surface area (Å²) in [5.74, 6) is 2.17. The summed E-state index contributed by atoms with van der Waals surface area (Å²) in [6.07, 6.45) is 0. The summed E-state index contributed by atoms with van der Waals surface area (Å²) in [4.78, 5) is 0. The van der Waals surface area contributed by atoms with Gasteiger partial charge in [-0.2, -0.15) is 0 Å². The van der Waals surface area contributed by atoms with Crippen LogP contribution in [0.3, 0.4) is 0 Å². The van der Waals surface area contributed by atoms with Crippen LogP contribution in [0.1, 0.15) is 27.7 Å². The molecule has 2 nitrogen and oxygen atoms in total. The molecule has 0 radical (unpaired) electrons. The summed E-state index contributed by atoms with van der Waals surface area (Å²) < 4.78 is 11.3. The summed E-state index contributed by atoms with van der Waals surface area (Å²) in [7, 11) is -0.629. The van der Waals surface area contributed by atoms with E-state index in [9.17, 15) is 4.21 Å². The lowest BCUT2D eigenvalue weighted by atomic mass is 10.3. The second kappa shape index (κ2) is 6.61. The van der Waals surface area contributed by atoms with Gasteiger partial charge in [0.25, 0.3) is 0 Å². The summed E-state index contributed by atoms with van der Waals surface area (Å²) in [6.45, 7) is 9.29. The second-order valence-electron chi connectivity index (χ2n) is 3.81. The van der Waals surface area contributed by atoms with Gasteiger partial charge in [-0.25, -0.2) is 0 Å². The topological polar surface area (TPSA) is 29.1 Å². The van der Waals surface area contributed by atoms with E-state index in [1.54, 1.807) is 0 Å². The largest absolute Gasteiger partial charge is 0.314 e. The standard InChI is InChI=1S/C9H21NOS/c1-8(2)7-12(11)6-5-10-9(3)4/h8-10H,5-7H2,1-4H3. The van der Waals surface area contributed by atoms with Gasteiger partial charge in [-0.3, -0.25) is 4.21 Å². The fraction of sp³-hybridized carbons (Fsp3) is 1.00. The van der Waals surface area contributed by atoms with E-state index in [-0.39, 0.29) is 0 Å². The van der Waals surface area contributed by atoms with Gasteiger partial charge in [0.15, 0.2) is 0 Å². The molecular formula is C9H21NOS. The van der Waals surface area contributed by atoms with Gasteiger partial charge >= 0.3 is 0 Å². The minimum Gasteiger partial charge on any atom is -0.314 e. The molecule has 12 heavy (non-hydrogen) atoms. The van der Waals surface area contributed by atoms with E-state index in [1.165, 1.54) is 0 Å². The molecule has 74 valence electrons. The van der Waals surface area contributed by atoms with E-state index in [0.717, 1.165) is 18.1 Å². The van der Waals surface area contributed by atoms with Crippen LogP contribution in [0.4, 0.5) is 0 Å². The monoisotopic (exact) mass is 191 g/mol. The predicted octanol–water partition coefficient (Wildman–Crippen LogP) is 1.39. The van der Waals surface area contributed by atoms with E-state index in [4.69, 9.17) is 0 Å². The van der Waals surface area contributed by atoms with Crippen LogP contribution in [0.15, 0.2) is 0 Å². The molecule has 0 bridgehead atoms. The Morgan fingerprint density at radius 1 is 1.25 bits per heavy atom. The highest BCUT2D eigenvalue weighted by molar-refractivity contribution is 7.85. The Bertz CT molecular complexity index is 134. The molecular weight excluding hydrogens is 170 g/mol. The zero-order valence-electron chi connectivity index (χ0n) is 8.59. The van der Waals surface area contributed by atoms with Crippen molar-refractivity contribution in [1.29, 1.82) is 0 Å². The molecule has 0 aliphatic carbocycles.